The Kier molecular flexibility index (Phi) is 5.81. The molecule has 0 saturated heterocycles. The van der Waals surface area contributed by atoms with Crippen LogP contribution < -0.4 is 0 Å². The average molecular weight is 289 g/mol. The number of aromatic nitrogens is 1. The molecule has 0 fully saturated rings. The van der Waals surface area contributed by atoms with Crippen LogP contribution in [0.15, 0.2) is 30.5 Å². The largest absolute Gasteiger partial charge is 0.481 e. The number of nitrogens with zero attached hydrogens (tertiary/aromatic N) is 1. The highest BCUT2D eigenvalue weighted by molar-refractivity contribution is 5.84. The third kappa shape index (κ3) is 4.33. The smallest absolute Gasteiger partial charge is 0.303 e. The summed E-state index contributed by atoms with van der Waals surface area (Å²) >= 11 is 0. The topological polar surface area (TPSA) is 62.5 Å². The molecule has 0 saturated carbocycles. The Balaban J connectivity index is 2.06. The molecule has 21 heavy (non-hydrogen) atoms. The van der Waals surface area contributed by atoms with Gasteiger partial charge >= 0.3 is 5.97 Å². The van der Waals surface area contributed by atoms with Crippen molar-refractivity contribution in [1.29, 1.82) is 0 Å². The number of aliphatic hydroxyl groups is 1. The zero-order valence-corrected chi connectivity index (χ0v) is 12.3. The number of carbonyl (C=O) groups is 1. The summed E-state index contributed by atoms with van der Waals surface area (Å²) in [6, 6.07) is 8.17. The summed E-state index contributed by atoms with van der Waals surface area (Å²) in [5.74, 6) is -0.754. The molecule has 0 spiro atoms. The zero-order valence-electron chi connectivity index (χ0n) is 12.3. The number of hydrogen-bond acceptors (Lipinski definition) is 2. The predicted octanol–water partition coefficient (Wildman–Crippen LogP) is 3.21. The van der Waals surface area contributed by atoms with Gasteiger partial charge in [0.25, 0.3) is 0 Å². The lowest BCUT2D eigenvalue weighted by molar-refractivity contribution is -0.136. The van der Waals surface area contributed by atoms with Gasteiger partial charge in [-0.2, -0.15) is 0 Å². The molecule has 0 unspecified atom stereocenters. The Hall–Kier alpha value is -1.81. The Morgan fingerprint density at radius 1 is 1.10 bits per heavy atom. The first-order chi connectivity index (χ1) is 10.2. The van der Waals surface area contributed by atoms with Gasteiger partial charge in [0.15, 0.2) is 0 Å². The molecule has 114 valence electrons. The van der Waals surface area contributed by atoms with Gasteiger partial charge in [0.1, 0.15) is 0 Å². The highest BCUT2D eigenvalue weighted by Crippen LogP contribution is 2.23. The van der Waals surface area contributed by atoms with E-state index in [0.717, 1.165) is 43.2 Å². The zero-order chi connectivity index (χ0) is 15.1. The SMILES string of the molecule is O=C(O)CCc1cn(CCCCCCO)c2ccccc12. The lowest BCUT2D eigenvalue weighted by Gasteiger charge is -2.04. The fourth-order valence-corrected chi connectivity index (χ4v) is 2.70. The molecule has 0 bridgehead atoms. The van der Waals surface area contributed by atoms with Gasteiger partial charge in [0.2, 0.25) is 0 Å². The van der Waals surface area contributed by atoms with Crippen LogP contribution in [0.1, 0.15) is 37.7 Å². The average Bonchev–Trinajstić information content (AvgIpc) is 2.83. The first-order valence-corrected chi connectivity index (χ1v) is 7.62. The second kappa shape index (κ2) is 7.84. The molecule has 2 aromatic rings. The molecule has 1 aromatic heterocycles. The Morgan fingerprint density at radius 2 is 1.86 bits per heavy atom. The summed E-state index contributed by atoms with van der Waals surface area (Å²) < 4.78 is 2.23. The fourth-order valence-electron chi connectivity index (χ4n) is 2.70. The molecular weight excluding hydrogens is 266 g/mol. The number of aryl methyl sites for hydroxylation is 2. The number of benzene rings is 1. The summed E-state index contributed by atoms with van der Waals surface area (Å²) in [5.41, 5.74) is 2.29. The summed E-state index contributed by atoms with van der Waals surface area (Å²) in [6.45, 7) is 1.21. The van der Waals surface area contributed by atoms with Gasteiger partial charge in [-0.1, -0.05) is 31.0 Å². The number of para-hydroxylation sites is 1. The monoisotopic (exact) mass is 289 g/mol. The third-order valence-electron chi connectivity index (χ3n) is 3.79. The van der Waals surface area contributed by atoms with Crippen molar-refractivity contribution in [3.05, 3.63) is 36.0 Å². The number of carboxylic acids is 1. The van der Waals surface area contributed by atoms with E-state index in [9.17, 15) is 4.79 Å². The van der Waals surface area contributed by atoms with Gasteiger partial charge in [-0.15, -0.1) is 0 Å². The Labute approximate surface area is 125 Å². The van der Waals surface area contributed by atoms with Crippen molar-refractivity contribution in [3.8, 4) is 0 Å². The van der Waals surface area contributed by atoms with Crippen molar-refractivity contribution in [1.82, 2.24) is 4.57 Å². The minimum atomic E-state index is -0.754. The molecule has 0 atom stereocenters. The van der Waals surface area contributed by atoms with Gasteiger partial charge in [-0.3, -0.25) is 4.79 Å². The van der Waals surface area contributed by atoms with Crippen molar-refractivity contribution in [2.24, 2.45) is 0 Å². The van der Waals surface area contributed by atoms with E-state index >= 15 is 0 Å². The maximum absolute atomic E-state index is 10.8. The summed E-state index contributed by atoms with van der Waals surface area (Å²) in [4.78, 5) is 10.8. The van der Waals surface area contributed by atoms with Crippen LogP contribution in [0.5, 0.6) is 0 Å². The van der Waals surface area contributed by atoms with Gasteiger partial charge in [0.05, 0.1) is 0 Å². The number of hydrogen-bond donors (Lipinski definition) is 2. The first-order valence-electron chi connectivity index (χ1n) is 7.62. The molecule has 2 N–H and O–H groups in total. The van der Waals surface area contributed by atoms with Gasteiger partial charge in [0, 0.05) is 36.7 Å². The maximum atomic E-state index is 10.8. The van der Waals surface area contributed by atoms with Crippen molar-refractivity contribution >= 4 is 16.9 Å². The maximum Gasteiger partial charge on any atom is 0.303 e. The molecule has 4 nitrogen and oxygen atoms in total. The molecule has 4 heteroatoms. The van der Waals surface area contributed by atoms with E-state index in [4.69, 9.17) is 10.2 Å². The molecule has 0 radical (unpaired) electrons. The summed E-state index contributed by atoms with van der Waals surface area (Å²) in [5, 5.41) is 18.8. The number of rotatable bonds is 9. The second-order valence-electron chi connectivity index (χ2n) is 5.40. The predicted molar refractivity (Wildman–Crippen MR) is 83.4 cm³/mol. The standard InChI is InChI=1S/C17H23NO3/c19-12-6-2-1-5-11-18-13-14(9-10-17(20)21)15-7-3-4-8-16(15)18/h3-4,7-8,13,19H,1-2,5-6,9-12H2,(H,20,21). The molecule has 1 aromatic carbocycles. The van der Waals surface area contributed by atoms with E-state index in [0.29, 0.717) is 6.42 Å². The quantitative estimate of drug-likeness (QED) is 0.697. The Bertz CT molecular complexity index is 589. The van der Waals surface area contributed by atoms with Crippen molar-refractivity contribution < 1.29 is 15.0 Å². The van der Waals surface area contributed by atoms with Crippen LogP contribution in [-0.2, 0) is 17.8 Å². The highest BCUT2D eigenvalue weighted by Gasteiger charge is 2.09. The van der Waals surface area contributed by atoms with E-state index in [-0.39, 0.29) is 13.0 Å². The lowest BCUT2D eigenvalue weighted by atomic mass is 10.1. The number of unbranched alkanes of at least 4 members (excludes halogenated alkanes) is 3. The minimum Gasteiger partial charge on any atom is -0.481 e. The molecule has 0 aliphatic heterocycles. The van der Waals surface area contributed by atoms with Crippen molar-refractivity contribution in [2.45, 2.75) is 45.1 Å². The molecule has 1 heterocycles. The lowest BCUT2D eigenvalue weighted by Crippen LogP contribution is -1.98. The van der Waals surface area contributed by atoms with E-state index in [1.807, 2.05) is 12.1 Å². The molecule has 0 amide bonds. The summed E-state index contributed by atoms with van der Waals surface area (Å²) in [7, 11) is 0. The number of fused-ring (bicyclic) bond motifs is 1. The summed E-state index contributed by atoms with van der Waals surface area (Å²) in [6.07, 6.45) is 6.96. The number of aliphatic carboxylic acids is 1. The molecular formula is C17H23NO3. The van der Waals surface area contributed by atoms with E-state index in [1.165, 1.54) is 5.52 Å². The van der Waals surface area contributed by atoms with Crippen molar-refractivity contribution in [2.75, 3.05) is 6.61 Å². The van der Waals surface area contributed by atoms with E-state index in [1.54, 1.807) is 0 Å². The van der Waals surface area contributed by atoms with Gasteiger partial charge in [-0.25, -0.2) is 0 Å². The van der Waals surface area contributed by atoms with Crippen LogP contribution in [0.3, 0.4) is 0 Å². The van der Waals surface area contributed by atoms with Crippen LogP contribution in [-0.4, -0.2) is 27.4 Å². The van der Waals surface area contributed by atoms with Gasteiger partial charge in [-0.05, 0) is 30.9 Å². The van der Waals surface area contributed by atoms with Crippen molar-refractivity contribution in [3.63, 3.8) is 0 Å². The minimum absolute atomic E-state index is 0.171. The van der Waals surface area contributed by atoms with E-state index < -0.39 is 5.97 Å². The van der Waals surface area contributed by atoms with Crippen LogP contribution in [0.4, 0.5) is 0 Å². The first kappa shape index (κ1) is 15.6. The third-order valence-corrected chi connectivity index (χ3v) is 3.79. The molecule has 0 aliphatic carbocycles. The Morgan fingerprint density at radius 3 is 2.62 bits per heavy atom. The molecule has 0 aliphatic rings. The normalized spacial score (nSPS) is 11.1. The van der Waals surface area contributed by atoms with E-state index in [2.05, 4.69) is 22.9 Å². The van der Waals surface area contributed by atoms with Crippen LogP contribution >= 0.6 is 0 Å². The fraction of sp³-hybridized carbons (Fsp3) is 0.471. The van der Waals surface area contributed by atoms with Crippen LogP contribution in [0, 0.1) is 0 Å². The second-order valence-corrected chi connectivity index (χ2v) is 5.40. The number of aliphatic hydroxyl groups excluding tert-OH is 1. The number of carboxylic acid groups (broad SMARTS) is 1. The highest BCUT2D eigenvalue weighted by atomic mass is 16.4. The van der Waals surface area contributed by atoms with Crippen LogP contribution in [0.2, 0.25) is 0 Å². The van der Waals surface area contributed by atoms with Gasteiger partial charge < -0.3 is 14.8 Å². The molecule has 2 rings (SSSR count). The van der Waals surface area contributed by atoms with Crippen LogP contribution in [0.25, 0.3) is 10.9 Å².